The van der Waals surface area contributed by atoms with Gasteiger partial charge in [0, 0.05) is 11.1 Å². The Morgan fingerprint density at radius 1 is 1.35 bits per heavy atom. The van der Waals surface area contributed by atoms with Crippen molar-refractivity contribution in [2.24, 2.45) is 0 Å². The minimum Gasteiger partial charge on any atom is -0.496 e. The van der Waals surface area contributed by atoms with Crippen LogP contribution < -0.4 is 4.74 Å². The molecular weight excluding hydrogens is 216 g/mol. The zero-order valence-corrected chi connectivity index (χ0v) is 10.1. The van der Waals surface area contributed by atoms with Gasteiger partial charge in [-0.25, -0.2) is 0 Å². The topological polar surface area (TPSA) is 35.5 Å². The third-order valence-electron chi connectivity index (χ3n) is 3.22. The summed E-state index contributed by atoms with van der Waals surface area (Å²) in [6.07, 6.45) is 6.04. The SMILES string of the molecule is COc1ccc(C=O)cc1COC1CCCC1. The van der Waals surface area contributed by atoms with Crippen molar-refractivity contribution in [1.82, 2.24) is 0 Å². The third kappa shape index (κ3) is 3.07. The molecule has 1 fully saturated rings. The molecule has 0 radical (unpaired) electrons. The van der Waals surface area contributed by atoms with E-state index in [1.807, 2.05) is 12.1 Å². The van der Waals surface area contributed by atoms with Crippen molar-refractivity contribution in [3.8, 4) is 5.75 Å². The van der Waals surface area contributed by atoms with Gasteiger partial charge in [0.1, 0.15) is 12.0 Å². The lowest BCUT2D eigenvalue weighted by molar-refractivity contribution is 0.0446. The Kier molecular flexibility index (Phi) is 4.15. The zero-order valence-electron chi connectivity index (χ0n) is 10.1. The van der Waals surface area contributed by atoms with E-state index in [0.29, 0.717) is 18.3 Å². The summed E-state index contributed by atoms with van der Waals surface area (Å²) in [4.78, 5) is 10.7. The summed E-state index contributed by atoms with van der Waals surface area (Å²) in [6.45, 7) is 0.523. The molecule has 17 heavy (non-hydrogen) atoms. The molecule has 0 amide bonds. The van der Waals surface area contributed by atoms with E-state index in [0.717, 1.165) is 30.4 Å². The molecule has 0 aliphatic heterocycles. The van der Waals surface area contributed by atoms with Crippen molar-refractivity contribution < 1.29 is 14.3 Å². The first kappa shape index (κ1) is 12.1. The number of methoxy groups -OCH3 is 1. The predicted molar refractivity (Wildman–Crippen MR) is 65.4 cm³/mol. The van der Waals surface area contributed by atoms with E-state index in [1.165, 1.54) is 12.8 Å². The fourth-order valence-corrected chi connectivity index (χ4v) is 2.25. The second-order valence-electron chi connectivity index (χ2n) is 4.41. The largest absolute Gasteiger partial charge is 0.496 e. The maximum Gasteiger partial charge on any atom is 0.150 e. The van der Waals surface area contributed by atoms with Crippen molar-refractivity contribution in [3.05, 3.63) is 29.3 Å². The smallest absolute Gasteiger partial charge is 0.150 e. The monoisotopic (exact) mass is 234 g/mol. The molecule has 0 atom stereocenters. The normalized spacial score (nSPS) is 16.1. The van der Waals surface area contributed by atoms with Crippen LogP contribution in [0.15, 0.2) is 18.2 Å². The van der Waals surface area contributed by atoms with E-state index in [1.54, 1.807) is 13.2 Å². The van der Waals surface area contributed by atoms with Crippen LogP contribution in [0.5, 0.6) is 5.75 Å². The van der Waals surface area contributed by atoms with Gasteiger partial charge in [-0.15, -0.1) is 0 Å². The number of aldehydes is 1. The number of ether oxygens (including phenoxy) is 2. The standard InChI is InChI=1S/C14H18O3/c1-16-14-7-6-11(9-15)8-12(14)10-17-13-4-2-3-5-13/h6-9,13H,2-5,10H2,1H3. The zero-order chi connectivity index (χ0) is 12.1. The van der Waals surface area contributed by atoms with E-state index >= 15 is 0 Å². The molecule has 0 aromatic heterocycles. The van der Waals surface area contributed by atoms with Gasteiger partial charge < -0.3 is 9.47 Å². The minimum atomic E-state index is 0.375. The van der Waals surface area contributed by atoms with Crippen molar-refractivity contribution in [2.45, 2.75) is 38.4 Å². The van der Waals surface area contributed by atoms with Crippen LogP contribution in [0.3, 0.4) is 0 Å². The van der Waals surface area contributed by atoms with E-state index in [9.17, 15) is 4.79 Å². The predicted octanol–water partition coefficient (Wildman–Crippen LogP) is 2.97. The fraction of sp³-hybridized carbons (Fsp3) is 0.500. The van der Waals surface area contributed by atoms with Gasteiger partial charge in [0.25, 0.3) is 0 Å². The van der Waals surface area contributed by atoms with Gasteiger partial charge in [-0.3, -0.25) is 4.79 Å². The van der Waals surface area contributed by atoms with Crippen LogP contribution in [0.1, 0.15) is 41.6 Å². The van der Waals surface area contributed by atoms with Gasteiger partial charge in [-0.2, -0.15) is 0 Å². The number of carbonyl (C=O) groups is 1. The first-order valence-corrected chi connectivity index (χ1v) is 6.07. The molecular formula is C14H18O3. The minimum absolute atomic E-state index is 0.375. The highest BCUT2D eigenvalue weighted by molar-refractivity contribution is 5.75. The summed E-state index contributed by atoms with van der Waals surface area (Å²) in [7, 11) is 1.63. The lowest BCUT2D eigenvalue weighted by Crippen LogP contribution is -2.08. The highest BCUT2D eigenvalue weighted by Gasteiger charge is 2.16. The lowest BCUT2D eigenvalue weighted by Gasteiger charge is -2.13. The second kappa shape index (κ2) is 5.82. The summed E-state index contributed by atoms with van der Waals surface area (Å²) in [5, 5.41) is 0. The lowest BCUT2D eigenvalue weighted by atomic mass is 10.1. The van der Waals surface area contributed by atoms with Gasteiger partial charge in [0.2, 0.25) is 0 Å². The number of hydrogen-bond acceptors (Lipinski definition) is 3. The molecule has 0 saturated heterocycles. The van der Waals surface area contributed by atoms with Gasteiger partial charge in [-0.05, 0) is 31.0 Å². The summed E-state index contributed by atoms with van der Waals surface area (Å²) in [5.41, 5.74) is 1.61. The summed E-state index contributed by atoms with van der Waals surface area (Å²) < 4.78 is 11.1. The van der Waals surface area contributed by atoms with Crippen molar-refractivity contribution in [2.75, 3.05) is 7.11 Å². The summed E-state index contributed by atoms with van der Waals surface area (Å²) >= 11 is 0. The van der Waals surface area contributed by atoms with Crippen molar-refractivity contribution >= 4 is 6.29 Å². The number of benzene rings is 1. The molecule has 1 aliphatic carbocycles. The van der Waals surface area contributed by atoms with Gasteiger partial charge in [0.05, 0.1) is 19.8 Å². The van der Waals surface area contributed by atoms with Crippen LogP contribution in [0, 0.1) is 0 Å². The van der Waals surface area contributed by atoms with Gasteiger partial charge in [-0.1, -0.05) is 12.8 Å². The highest BCUT2D eigenvalue weighted by Crippen LogP contribution is 2.25. The average molecular weight is 234 g/mol. The molecule has 0 spiro atoms. The third-order valence-corrected chi connectivity index (χ3v) is 3.22. The molecule has 3 heteroatoms. The van der Waals surface area contributed by atoms with Crippen LogP contribution in [0.4, 0.5) is 0 Å². The molecule has 92 valence electrons. The summed E-state index contributed by atoms with van der Waals surface area (Å²) in [5.74, 6) is 0.786. The Hall–Kier alpha value is -1.35. The van der Waals surface area contributed by atoms with Crippen LogP contribution in [0.25, 0.3) is 0 Å². The molecule has 1 aliphatic rings. The van der Waals surface area contributed by atoms with Crippen LogP contribution in [-0.4, -0.2) is 19.5 Å². The Morgan fingerprint density at radius 3 is 2.76 bits per heavy atom. The maximum atomic E-state index is 10.7. The highest BCUT2D eigenvalue weighted by atomic mass is 16.5. The van der Waals surface area contributed by atoms with E-state index < -0.39 is 0 Å². The Bertz CT molecular complexity index is 381. The first-order chi connectivity index (χ1) is 8.33. The van der Waals surface area contributed by atoms with Crippen LogP contribution in [0.2, 0.25) is 0 Å². The van der Waals surface area contributed by atoms with E-state index in [2.05, 4.69) is 0 Å². The molecule has 0 heterocycles. The Balaban J connectivity index is 2.03. The fourth-order valence-electron chi connectivity index (χ4n) is 2.25. The van der Waals surface area contributed by atoms with Crippen LogP contribution in [-0.2, 0) is 11.3 Å². The van der Waals surface area contributed by atoms with Crippen LogP contribution >= 0.6 is 0 Å². The van der Waals surface area contributed by atoms with E-state index in [-0.39, 0.29) is 0 Å². The quantitative estimate of drug-likeness (QED) is 0.735. The summed E-state index contributed by atoms with van der Waals surface area (Å²) in [6, 6.07) is 5.41. The average Bonchev–Trinajstić information content (AvgIpc) is 2.89. The van der Waals surface area contributed by atoms with Gasteiger partial charge >= 0.3 is 0 Å². The first-order valence-electron chi connectivity index (χ1n) is 6.07. The van der Waals surface area contributed by atoms with Gasteiger partial charge in [0.15, 0.2) is 0 Å². The van der Waals surface area contributed by atoms with Crippen molar-refractivity contribution in [1.29, 1.82) is 0 Å². The molecule has 2 rings (SSSR count). The van der Waals surface area contributed by atoms with E-state index in [4.69, 9.17) is 9.47 Å². The molecule has 0 bridgehead atoms. The molecule has 0 unspecified atom stereocenters. The molecule has 1 aromatic carbocycles. The molecule has 0 N–H and O–H groups in total. The number of carbonyl (C=O) groups excluding carboxylic acids is 1. The number of rotatable bonds is 5. The maximum absolute atomic E-state index is 10.7. The number of hydrogen-bond donors (Lipinski definition) is 0. The molecule has 3 nitrogen and oxygen atoms in total. The Morgan fingerprint density at radius 2 is 2.12 bits per heavy atom. The Labute approximate surface area is 102 Å². The molecule has 1 saturated carbocycles. The van der Waals surface area contributed by atoms with Crippen molar-refractivity contribution in [3.63, 3.8) is 0 Å². The molecule has 1 aromatic rings. The second-order valence-corrected chi connectivity index (χ2v) is 4.41.